The second kappa shape index (κ2) is 5.80. The highest BCUT2D eigenvalue weighted by Crippen LogP contribution is 2.17. The number of aliphatic hydroxyl groups is 1. The molecule has 0 atom stereocenters. The van der Waals surface area contributed by atoms with Gasteiger partial charge >= 0.3 is 0 Å². The zero-order valence-corrected chi connectivity index (χ0v) is 12.5. The van der Waals surface area contributed by atoms with E-state index in [4.69, 9.17) is 5.11 Å². The molecule has 10 heteroatoms. The number of hydrogen-bond acceptors (Lipinski definition) is 6. The van der Waals surface area contributed by atoms with Crippen molar-refractivity contribution in [3.05, 3.63) is 12.4 Å². The summed E-state index contributed by atoms with van der Waals surface area (Å²) >= 11 is 0. The topological polar surface area (TPSA) is 110 Å². The molecule has 0 aromatic carbocycles. The minimum absolute atomic E-state index is 0.0167. The van der Waals surface area contributed by atoms with Crippen LogP contribution in [0.5, 0.6) is 0 Å². The SMILES string of the molecule is O=S1(=O)CCCN(S(=O)(=O)c2cnn(CCO)c2)CC1. The smallest absolute Gasteiger partial charge is 0.246 e. The minimum atomic E-state index is -3.73. The van der Waals surface area contributed by atoms with Gasteiger partial charge in [0.2, 0.25) is 10.0 Å². The van der Waals surface area contributed by atoms with Crippen LogP contribution in [0.15, 0.2) is 17.3 Å². The number of hydrogen-bond donors (Lipinski definition) is 1. The average molecular weight is 323 g/mol. The van der Waals surface area contributed by atoms with Gasteiger partial charge in [0.1, 0.15) is 4.90 Å². The van der Waals surface area contributed by atoms with Gasteiger partial charge in [-0.1, -0.05) is 0 Å². The molecule has 0 aliphatic carbocycles. The number of aliphatic hydroxyl groups excluding tert-OH is 1. The van der Waals surface area contributed by atoms with E-state index in [-0.39, 0.29) is 42.6 Å². The van der Waals surface area contributed by atoms with E-state index in [1.165, 1.54) is 21.4 Å². The van der Waals surface area contributed by atoms with Crippen molar-refractivity contribution in [2.24, 2.45) is 0 Å². The molecule has 1 aliphatic heterocycles. The van der Waals surface area contributed by atoms with Crippen molar-refractivity contribution in [3.8, 4) is 0 Å². The van der Waals surface area contributed by atoms with Crippen molar-refractivity contribution in [2.45, 2.75) is 17.9 Å². The monoisotopic (exact) mass is 323 g/mol. The van der Waals surface area contributed by atoms with Gasteiger partial charge in [-0.05, 0) is 6.42 Å². The molecule has 0 spiro atoms. The summed E-state index contributed by atoms with van der Waals surface area (Å²) in [5.41, 5.74) is 0. The molecule has 1 N–H and O–H groups in total. The van der Waals surface area contributed by atoms with E-state index in [9.17, 15) is 16.8 Å². The molecular weight excluding hydrogens is 306 g/mol. The second-order valence-corrected chi connectivity index (χ2v) is 8.81. The van der Waals surface area contributed by atoms with E-state index in [1.54, 1.807) is 0 Å². The maximum Gasteiger partial charge on any atom is 0.246 e. The molecule has 1 saturated heterocycles. The molecular formula is C10H17N3O5S2. The zero-order valence-electron chi connectivity index (χ0n) is 10.8. The van der Waals surface area contributed by atoms with Crippen molar-refractivity contribution in [3.63, 3.8) is 0 Å². The summed E-state index contributed by atoms with van der Waals surface area (Å²) in [5.74, 6) is -0.139. The van der Waals surface area contributed by atoms with Gasteiger partial charge in [0, 0.05) is 19.3 Å². The highest BCUT2D eigenvalue weighted by molar-refractivity contribution is 7.91. The predicted octanol–water partition coefficient (Wildman–Crippen LogP) is -1.32. The molecule has 1 aliphatic rings. The third-order valence-corrected chi connectivity index (χ3v) is 6.66. The number of sulfone groups is 1. The van der Waals surface area contributed by atoms with Crippen LogP contribution in [-0.2, 0) is 26.4 Å². The molecule has 114 valence electrons. The van der Waals surface area contributed by atoms with Gasteiger partial charge in [0.05, 0.1) is 30.9 Å². The molecule has 1 aromatic heterocycles. The van der Waals surface area contributed by atoms with Gasteiger partial charge in [-0.15, -0.1) is 0 Å². The number of nitrogens with zero attached hydrogens (tertiary/aromatic N) is 3. The minimum Gasteiger partial charge on any atom is -0.394 e. The van der Waals surface area contributed by atoms with Crippen LogP contribution in [0.2, 0.25) is 0 Å². The highest BCUT2D eigenvalue weighted by Gasteiger charge is 2.29. The van der Waals surface area contributed by atoms with Gasteiger partial charge in [-0.25, -0.2) is 16.8 Å². The normalized spacial score (nSPS) is 20.6. The van der Waals surface area contributed by atoms with Gasteiger partial charge < -0.3 is 5.11 Å². The van der Waals surface area contributed by atoms with Gasteiger partial charge in [-0.2, -0.15) is 9.40 Å². The van der Waals surface area contributed by atoms with Crippen LogP contribution < -0.4 is 0 Å². The Morgan fingerprint density at radius 1 is 1.30 bits per heavy atom. The number of rotatable bonds is 4. The Hall–Kier alpha value is -0.970. The van der Waals surface area contributed by atoms with Crippen molar-refractivity contribution >= 4 is 19.9 Å². The first-order valence-corrected chi connectivity index (χ1v) is 9.45. The van der Waals surface area contributed by atoms with Crippen LogP contribution in [0.4, 0.5) is 0 Å². The fourth-order valence-electron chi connectivity index (χ4n) is 2.01. The lowest BCUT2D eigenvalue weighted by Crippen LogP contribution is -2.33. The summed E-state index contributed by atoms with van der Waals surface area (Å²) in [6.07, 6.45) is 2.85. The molecule has 1 fully saturated rings. The molecule has 0 unspecified atom stereocenters. The third kappa shape index (κ3) is 3.37. The summed E-state index contributed by atoms with van der Waals surface area (Å²) in [6.45, 7) is 0.232. The molecule has 0 radical (unpaired) electrons. The van der Waals surface area contributed by atoms with Crippen LogP contribution in [0.25, 0.3) is 0 Å². The Morgan fingerprint density at radius 3 is 2.75 bits per heavy atom. The highest BCUT2D eigenvalue weighted by atomic mass is 32.2. The van der Waals surface area contributed by atoms with Crippen molar-refractivity contribution < 1.29 is 21.9 Å². The average Bonchev–Trinajstić information content (AvgIpc) is 2.75. The van der Waals surface area contributed by atoms with Gasteiger partial charge in [0.25, 0.3) is 0 Å². The summed E-state index contributed by atoms with van der Waals surface area (Å²) in [7, 11) is -6.89. The van der Waals surface area contributed by atoms with Crippen LogP contribution in [0.3, 0.4) is 0 Å². The maximum absolute atomic E-state index is 12.4. The van der Waals surface area contributed by atoms with E-state index in [0.717, 1.165) is 0 Å². The summed E-state index contributed by atoms with van der Waals surface area (Å²) in [4.78, 5) is 0.0187. The first-order chi connectivity index (χ1) is 9.35. The van der Waals surface area contributed by atoms with Crippen molar-refractivity contribution in [2.75, 3.05) is 31.2 Å². The number of aromatic nitrogens is 2. The van der Waals surface area contributed by atoms with Crippen LogP contribution in [0, 0.1) is 0 Å². The maximum atomic E-state index is 12.4. The first kappa shape index (κ1) is 15.4. The van der Waals surface area contributed by atoms with Crippen molar-refractivity contribution in [1.29, 1.82) is 0 Å². The number of sulfonamides is 1. The van der Waals surface area contributed by atoms with Crippen LogP contribution in [-0.4, -0.2) is 67.2 Å². The lowest BCUT2D eigenvalue weighted by atomic mass is 10.5. The predicted molar refractivity (Wildman–Crippen MR) is 71.3 cm³/mol. The van der Waals surface area contributed by atoms with Crippen molar-refractivity contribution in [1.82, 2.24) is 14.1 Å². The van der Waals surface area contributed by atoms with Crippen LogP contribution in [0.1, 0.15) is 6.42 Å². The standard InChI is InChI=1S/C10H17N3O5S2/c14-5-3-12-9-10(8-11-12)20(17,18)13-2-1-6-19(15,16)7-4-13/h8-9,14H,1-7H2. The molecule has 2 rings (SSSR count). The quantitative estimate of drug-likeness (QED) is 0.736. The second-order valence-electron chi connectivity index (χ2n) is 4.57. The Bertz CT molecular complexity index is 665. The lowest BCUT2D eigenvalue weighted by Gasteiger charge is -2.17. The summed E-state index contributed by atoms with van der Waals surface area (Å²) in [5, 5.41) is 12.6. The molecule has 0 bridgehead atoms. The Kier molecular flexibility index (Phi) is 4.47. The van der Waals surface area contributed by atoms with E-state index in [1.807, 2.05) is 0 Å². The van der Waals surface area contributed by atoms with Crippen LogP contribution >= 0.6 is 0 Å². The van der Waals surface area contributed by atoms with E-state index in [2.05, 4.69) is 5.10 Å². The Morgan fingerprint density at radius 2 is 2.05 bits per heavy atom. The van der Waals surface area contributed by atoms with E-state index < -0.39 is 19.9 Å². The molecule has 8 nitrogen and oxygen atoms in total. The largest absolute Gasteiger partial charge is 0.394 e. The summed E-state index contributed by atoms with van der Waals surface area (Å²) < 4.78 is 50.3. The molecule has 20 heavy (non-hydrogen) atoms. The Labute approximate surface area is 118 Å². The Balaban J connectivity index is 2.20. The zero-order chi connectivity index (χ0) is 14.8. The lowest BCUT2D eigenvalue weighted by molar-refractivity contribution is 0.269. The summed E-state index contributed by atoms with van der Waals surface area (Å²) in [6, 6.07) is 0. The third-order valence-electron chi connectivity index (χ3n) is 3.09. The fraction of sp³-hybridized carbons (Fsp3) is 0.700. The van der Waals surface area contributed by atoms with E-state index >= 15 is 0 Å². The fourth-order valence-corrected chi connectivity index (χ4v) is 4.83. The molecule has 1 aromatic rings. The molecule has 0 saturated carbocycles. The first-order valence-electron chi connectivity index (χ1n) is 6.19. The van der Waals surface area contributed by atoms with Gasteiger partial charge in [0.15, 0.2) is 9.84 Å². The molecule has 0 amide bonds. The molecule has 2 heterocycles. The van der Waals surface area contributed by atoms with Gasteiger partial charge in [-0.3, -0.25) is 4.68 Å². The van der Waals surface area contributed by atoms with E-state index in [0.29, 0.717) is 6.42 Å².